The molecular formula is C20H35CsN4O3. The molecule has 0 unspecified atom stereocenters. The van der Waals surface area contributed by atoms with E-state index in [1.165, 1.54) is 0 Å². The van der Waals surface area contributed by atoms with Crippen molar-refractivity contribution in [3.8, 4) is 0 Å². The second-order valence-corrected chi connectivity index (χ2v) is 4.75. The molecule has 7 nitrogen and oxygen atoms in total. The molecule has 0 radical (unpaired) electrons. The van der Waals surface area contributed by atoms with E-state index in [1.54, 1.807) is 19.1 Å². The maximum absolute atomic E-state index is 11.9. The fourth-order valence-corrected chi connectivity index (χ4v) is 1.71. The topological polar surface area (TPSA) is 104 Å². The summed E-state index contributed by atoms with van der Waals surface area (Å²) in [5.74, 6) is 0.0515. The number of hydrogen-bond acceptors (Lipinski definition) is 5. The molecule has 0 fully saturated rings. The standard InChI is InChI=1S/C13H17N3O2.C3H7NO.2C2H6.Cs/c1-14-5-6-15-12(17)10-3-2-4-11(9-10)13-16-7-8-18-13;1-2-3(4)5;2*1-2;/h2-4,9,14H,5-8H2,1H3,(H,15,17);2H2,1H3,(H2,4,5);2*1-2H3;/q;;;;+1/p-1. The molecule has 1 heterocycles. The summed E-state index contributed by atoms with van der Waals surface area (Å²) >= 11 is 0. The molecule has 1 aliphatic rings. The fourth-order valence-electron chi connectivity index (χ4n) is 1.71. The van der Waals surface area contributed by atoms with Crippen LogP contribution in [0.5, 0.6) is 0 Å². The first-order valence-electron chi connectivity index (χ1n) is 9.53. The normalized spacial score (nSPS) is 10.7. The van der Waals surface area contributed by atoms with Gasteiger partial charge in [0.05, 0.1) is 6.54 Å². The summed E-state index contributed by atoms with van der Waals surface area (Å²) in [6.07, 6.45) is 0.333. The van der Waals surface area contributed by atoms with Crippen LogP contribution in [0.4, 0.5) is 0 Å². The quantitative estimate of drug-likeness (QED) is 0.541. The molecule has 154 valence electrons. The Morgan fingerprint density at radius 3 is 2.25 bits per heavy atom. The van der Waals surface area contributed by atoms with Crippen LogP contribution in [0.3, 0.4) is 0 Å². The van der Waals surface area contributed by atoms with Crippen LogP contribution in [-0.4, -0.2) is 51.0 Å². The van der Waals surface area contributed by atoms with Crippen LogP contribution in [0.2, 0.25) is 0 Å². The van der Waals surface area contributed by atoms with Crippen LogP contribution < -0.4 is 79.5 Å². The van der Waals surface area contributed by atoms with E-state index in [-0.39, 0.29) is 74.8 Å². The third kappa shape index (κ3) is 15.6. The Kier molecular flexibility index (Phi) is 26.5. The van der Waals surface area contributed by atoms with E-state index in [0.717, 1.165) is 12.1 Å². The van der Waals surface area contributed by atoms with Gasteiger partial charge in [-0.05, 0) is 31.7 Å². The summed E-state index contributed by atoms with van der Waals surface area (Å²) in [6.45, 7) is 12.3. The number of amides is 2. The number of nitrogens with zero attached hydrogens (tertiary/aromatic N) is 1. The van der Waals surface area contributed by atoms with Gasteiger partial charge in [-0.15, -0.1) is 0 Å². The summed E-state index contributed by atoms with van der Waals surface area (Å²) in [4.78, 5) is 25.6. The Balaban J connectivity index is -0.000000538. The predicted octanol–water partition coefficient (Wildman–Crippen LogP) is 0.444. The Morgan fingerprint density at radius 2 is 1.79 bits per heavy atom. The molecule has 1 aliphatic heterocycles. The van der Waals surface area contributed by atoms with E-state index in [2.05, 4.69) is 15.6 Å². The van der Waals surface area contributed by atoms with E-state index >= 15 is 0 Å². The Hall–Kier alpha value is -0.358. The number of carbonyl (C=O) groups is 2. The number of likely N-dealkylation sites (N-methyl/N-ethyl adjacent to an activating group) is 1. The molecular weight excluding hydrogens is 477 g/mol. The van der Waals surface area contributed by atoms with Gasteiger partial charge in [0.25, 0.3) is 5.91 Å². The van der Waals surface area contributed by atoms with Crippen molar-refractivity contribution >= 4 is 17.7 Å². The van der Waals surface area contributed by atoms with Crippen LogP contribution in [0.1, 0.15) is 57.0 Å². The Morgan fingerprint density at radius 1 is 1.18 bits per heavy atom. The average molecular weight is 512 g/mol. The van der Waals surface area contributed by atoms with E-state index in [1.807, 2.05) is 46.9 Å². The van der Waals surface area contributed by atoms with Crippen molar-refractivity contribution in [3.05, 3.63) is 41.1 Å². The second kappa shape index (κ2) is 22.9. The zero-order chi connectivity index (χ0) is 21.1. The smallest absolute Gasteiger partial charge is 0.668 e. The molecule has 2 amide bonds. The van der Waals surface area contributed by atoms with Crippen molar-refractivity contribution in [3.63, 3.8) is 0 Å². The molecule has 8 heteroatoms. The number of ether oxygens (including phenoxy) is 1. The number of carbonyl (C=O) groups excluding carboxylic acids is 2. The van der Waals surface area contributed by atoms with E-state index in [0.29, 0.717) is 37.6 Å². The molecule has 0 aliphatic carbocycles. The van der Waals surface area contributed by atoms with Crippen LogP contribution >= 0.6 is 0 Å². The minimum atomic E-state index is -0.495. The van der Waals surface area contributed by atoms with Gasteiger partial charge in [-0.1, -0.05) is 40.7 Å². The van der Waals surface area contributed by atoms with Crippen molar-refractivity contribution in [2.75, 3.05) is 33.3 Å². The van der Waals surface area contributed by atoms with Crippen LogP contribution in [0.25, 0.3) is 5.73 Å². The van der Waals surface area contributed by atoms with Gasteiger partial charge in [0, 0.05) is 30.1 Å². The first kappa shape index (κ1) is 32.3. The van der Waals surface area contributed by atoms with Crippen molar-refractivity contribution in [2.24, 2.45) is 4.99 Å². The van der Waals surface area contributed by atoms with Gasteiger partial charge in [0.1, 0.15) is 6.61 Å². The third-order valence-corrected chi connectivity index (χ3v) is 2.94. The largest absolute Gasteiger partial charge is 1.00 e. The van der Waals surface area contributed by atoms with Crippen molar-refractivity contribution < 1.29 is 83.2 Å². The maximum atomic E-state index is 11.9. The van der Waals surface area contributed by atoms with Gasteiger partial charge in [-0.25, -0.2) is 4.99 Å². The molecule has 1 aromatic rings. The second-order valence-electron chi connectivity index (χ2n) is 4.75. The fraction of sp³-hybridized carbons (Fsp3) is 0.550. The van der Waals surface area contributed by atoms with Crippen molar-refractivity contribution in [1.29, 1.82) is 0 Å². The van der Waals surface area contributed by atoms with Crippen LogP contribution in [0, 0.1) is 0 Å². The molecule has 3 N–H and O–H groups in total. The molecule has 0 spiro atoms. The molecule has 0 atom stereocenters. The Labute approximate surface area is 229 Å². The molecule has 0 aromatic heterocycles. The predicted molar refractivity (Wildman–Crippen MR) is 112 cm³/mol. The summed E-state index contributed by atoms with van der Waals surface area (Å²) in [5.41, 5.74) is 7.67. The summed E-state index contributed by atoms with van der Waals surface area (Å²) in [5, 5.41) is 5.81. The van der Waals surface area contributed by atoms with Gasteiger partial charge in [0.15, 0.2) is 0 Å². The first-order valence-corrected chi connectivity index (χ1v) is 9.53. The number of hydrogen-bond donors (Lipinski definition) is 2. The number of nitrogens with one attached hydrogen (secondary N) is 3. The van der Waals surface area contributed by atoms with Crippen molar-refractivity contribution in [1.82, 2.24) is 10.6 Å². The molecule has 0 bridgehead atoms. The van der Waals surface area contributed by atoms with Gasteiger partial charge in [-0.2, -0.15) is 0 Å². The number of rotatable bonds is 6. The van der Waals surface area contributed by atoms with Crippen molar-refractivity contribution in [2.45, 2.75) is 41.0 Å². The zero-order valence-corrected chi connectivity index (χ0v) is 24.8. The Bertz CT molecular complexity index is 566. The number of aliphatic imine (C=N–C) groups is 1. The van der Waals surface area contributed by atoms with E-state index in [4.69, 9.17) is 10.5 Å². The summed E-state index contributed by atoms with van der Waals surface area (Å²) in [6, 6.07) is 7.33. The molecule has 28 heavy (non-hydrogen) atoms. The summed E-state index contributed by atoms with van der Waals surface area (Å²) < 4.78 is 5.38. The molecule has 0 saturated carbocycles. The molecule has 0 saturated heterocycles. The number of benzene rings is 1. The monoisotopic (exact) mass is 512 g/mol. The summed E-state index contributed by atoms with van der Waals surface area (Å²) in [7, 11) is 1.85. The van der Waals surface area contributed by atoms with Gasteiger partial charge in [-0.3, -0.25) is 4.79 Å². The first-order chi connectivity index (χ1) is 13.1. The van der Waals surface area contributed by atoms with E-state index < -0.39 is 5.91 Å². The SMILES string of the molecule is CC.CC.CCC([NH-])=O.CNCCNC(=O)c1cccc(C2=NCCO2)c1.[Cs+]. The third-order valence-electron chi connectivity index (χ3n) is 2.94. The molecule has 1 aromatic carbocycles. The zero-order valence-electron chi connectivity index (χ0n) is 18.5. The molecule has 2 rings (SSSR count). The average Bonchev–Trinajstić information content (AvgIpc) is 3.26. The minimum absolute atomic E-state index is 0. The van der Waals surface area contributed by atoms with E-state index in [9.17, 15) is 9.59 Å². The van der Waals surface area contributed by atoms with Crippen LogP contribution in [0.15, 0.2) is 29.3 Å². The van der Waals surface area contributed by atoms with Crippen LogP contribution in [-0.2, 0) is 9.53 Å². The van der Waals surface area contributed by atoms with Gasteiger partial charge in [0.2, 0.25) is 5.90 Å². The minimum Gasteiger partial charge on any atom is -0.668 e. The maximum Gasteiger partial charge on any atom is 1.00 e. The van der Waals surface area contributed by atoms with Gasteiger partial charge >= 0.3 is 68.9 Å². The van der Waals surface area contributed by atoms with Gasteiger partial charge < -0.3 is 25.9 Å².